The highest BCUT2D eigenvalue weighted by molar-refractivity contribution is 5.85. The largest absolute Gasteiger partial charge is 0.354 e. The molecule has 1 atom stereocenters. The number of nitrogens with two attached hydrogens (primary N) is 1. The van der Waals surface area contributed by atoms with Crippen LogP contribution >= 0.6 is 12.4 Å². The highest BCUT2D eigenvalue weighted by Crippen LogP contribution is 2.11. The third-order valence-electron chi connectivity index (χ3n) is 2.24. The Morgan fingerprint density at radius 2 is 1.67 bits per heavy atom. The first-order chi connectivity index (χ1) is 7.73. The normalized spacial score (nSPS) is 12.3. The lowest BCUT2D eigenvalue weighted by molar-refractivity contribution is -0.128. The van der Waals surface area contributed by atoms with Crippen LogP contribution in [-0.2, 0) is 9.59 Å². The Bertz CT molecular complexity index is 263. The van der Waals surface area contributed by atoms with E-state index >= 15 is 0 Å². The molecule has 108 valence electrons. The Balaban J connectivity index is 0. The van der Waals surface area contributed by atoms with Gasteiger partial charge in [0, 0.05) is 31.0 Å². The van der Waals surface area contributed by atoms with Gasteiger partial charge in [-0.25, -0.2) is 0 Å². The van der Waals surface area contributed by atoms with Gasteiger partial charge in [-0.2, -0.15) is 0 Å². The molecule has 4 N–H and O–H groups in total. The zero-order valence-electron chi connectivity index (χ0n) is 11.7. The van der Waals surface area contributed by atoms with Gasteiger partial charge in [0.15, 0.2) is 0 Å². The predicted octanol–water partition coefficient (Wildman–Crippen LogP) is 0.814. The molecule has 1 unspecified atom stereocenters. The standard InChI is InChI=1S/C12H25N3O2.ClH/c1-9(13)5-6-10(16)14-7-8-15-11(17)12(2,3)4;/h9H,5-8,13H2,1-4H3,(H,14,16)(H,15,17);1H. The quantitative estimate of drug-likeness (QED) is 0.629. The fourth-order valence-corrected chi connectivity index (χ4v) is 1.09. The van der Waals surface area contributed by atoms with Gasteiger partial charge in [0.1, 0.15) is 0 Å². The van der Waals surface area contributed by atoms with Crippen molar-refractivity contribution >= 4 is 24.2 Å². The Kier molecular flexibility index (Phi) is 9.94. The second-order valence-electron chi connectivity index (χ2n) is 5.37. The smallest absolute Gasteiger partial charge is 0.225 e. The lowest BCUT2D eigenvalue weighted by atomic mass is 9.96. The minimum absolute atomic E-state index is 0. The van der Waals surface area contributed by atoms with E-state index in [1.54, 1.807) is 0 Å². The van der Waals surface area contributed by atoms with E-state index in [-0.39, 0.29) is 35.7 Å². The molecule has 0 rings (SSSR count). The number of carbonyl (C=O) groups is 2. The Morgan fingerprint density at radius 1 is 1.17 bits per heavy atom. The first-order valence-electron chi connectivity index (χ1n) is 6.04. The zero-order valence-corrected chi connectivity index (χ0v) is 12.5. The van der Waals surface area contributed by atoms with E-state index in [1.807, 2.05) is 27.7 Å². The highest BCUT2D eigenvalue weighted by Gasteiger charge is 2.20. The number of hydrogen-bond donors (Lipinski definition) is 3. The van der Waals surface area contributed by atoms with Gasteiger partial charge in [-0.3, -0.25) is 9.59 Å². The lowest BCUT2D eigenvalue weighted by Crippen LogP contribution is -2.40. The molecular formula is C12H26ClN3O2. The van der Waals surface area contributed by atoms with Crippen LogP contribution in [0.25, 0.3) is 0 Å². The number of halogens is 1. The summed E-state index contributed by atoms with van der Waals surface area (Å²) in [6.07, 6.45) is 1.12. The van der Waals surface area contributed by atoms with Crippen molar-refractivity contribution < 1.29 is 9.59 Å². The van der Waals surface area contributed by atoms with E-state index in [0.717, 1.165) is 0 Å². The summed E-state index contributed by atoms with van der Waals surface area (Å²) in [6.45, 7) is 8.34. The Morgan fingerprint density at radius 3 is 2.11 bits per heavy atom. The van der Waals surface area contributed by atoms with Gasteiger partial charge in [0.05, 0.1) is 0 Å². The first-order valence-corrected chi connectivity index (χ1v) is 6.04. The molecule has 0 aliphatic carbocycles. The van der Waals surface area contributed by atoms with Crippen molar-refractivity contribution in [3.05, 3.63) is 0 Å². The first kappa shape index (κ1) is 19.5. The van der Waals surface area contributed by atoms with Crippen LogP contribution in [0.3, 0.4) is 0 Å². The van der Waals surface area contributed by atoms with Crippen LogP contribution in [0.4, 0.5) is 0 Å². The summed E-state index contributed by atoms with van der Waals surface area (Å²) in [7, 11) is 0. The third kappa shape index (κ3) is 10.4. The van der Waals surface area contributed by atoms with Crippen molar-refractivity contribution in [2.24, 2.45) is 11.1 Å². The number of nitrogens with one attached hydrogen (secondary N) is 2. The van der Waals surface area contributed by atoms with Crippen molar-refractivity contribution in [2.45, 2.75) is 46.6 Å². The third-order valence-corrected chi connectivity index (χ3v) is 2.24. The van der Waals surface area contributed by atoms with E-state index in [2.05, 4.69) is 10.6 Å². The molecule has 6 heteroatoms. The van der Waals surface area contributed by atoms with Gasteiger partial charge in [0.25, 0.3) is 0 Å². The van der Waals surface area contributed by atoms with Gasteiger partial charge < -0.3 is 16.4 Å². The Hall–Kier alpha value is -0.810. The van der Waals surface area contributed by atoms with Crippen LogP contribution in [0.5, 0.6) is 0 Å². The summed E-state index contributed by atoms with van der Waals surface area (Å²) in [5.74, 6) is -0.0327. The van der Waals surface area contributed by atoms with Crippen LogP contribution in [0.15, 0.2) is 0 Å². The molecule has 18 heavy (non-hydrogen) atoms. The Labute approximate surface area is 116 Å². The fraction of sp³-hybridized carbons (Fsp3) is 0.833. The number of hydrogen-bond acceptors (Lipinski definition) is 3. The molecule has 0 fully saturated rings. The van der Waals surface area contributed by atoms with E-state index < -0.39 is 0 Å². The maximum absolute atomic E-state index is 11.5. The number of rotatable bonds is 6. The summed E-state index contributed by atoms with van der Waals surface area (Å²) in [5, 5.41) is 5.50. The molecule has 0 radical (unpaired) electrons. The van der Waals surface area contributed by atoms with Crippen molar-refractivity contribution in [1.29, 1.82) is 0 Å². The molecule has 0 aromatic rings. The molecule has 0 aromatic carbocycles. The zero-order chi connectivity index (χ0) is 13.5. The second-order valence-corrected chi connectivity index (χ2v) is 5.37. The highest BCUT2D eigenvalue weighted by atomic mass is 35.5. The maximum Gasteiger partial charge on any atom is 0.225 e. The number of carbonyl (C=O) groups excluding carboxylic acids is 2. The van der Waals surface area contributed by atoms with Crippen LogP contribution < -0.4 is 16.4 Å². The fourth-order valence-electron chi connectivity index (χ4n) is 1.09. The number of amides is 2. The van der Waals surface area contributed by atoms with Gasteiger partial charge >= 0.3 is 0 Å². The van der Waals surface area contributed by atoms with E-state index in [1.165, 1.54) is 0 Å². The topological polar surface area (TPSA) is 84.2 Å². The van der Waals surface area contributed by atoms with Gasteiger partial charge in [0.2, 0.25) is 11.8 Å². The molecule has 0 saturated carbocycles. The van der Waals surface area contributed by atoms with Crippen LogP contribution in [-0.4, -0.2) is 30.9 Å². The summed E-state index contributed by atoms with van der Waals surface area (Å²) in [6, 6.07) is 0.0429. The van der Waals surface area contributed by atoms with Crippen molar-refractivity contribution in [3.63, 3.8) is 0 Å². The lowest BCUT2D eigenvalue weighted by Gasteiger charge is -2.17. The molecule has 0 aromatic heterocycles. The minimum Gasteiger partial charge on any atom is -0.354 e. The average Bonchev–Trinajstić information content (AvgIpc) is 2.19. The van der Waals surface area contributed by atoms with Gasteiger partial charge in [-0.15, -0.1) is 12.4 Å². The maximum atomic E-state index is 11.5. The van der Waals surface area contributed by atoms with Crippen molar-refractivity contribution in [2.75, 3.05) is 13.1 Å². The van der Waals surface area contributed by atoms with Crippen LogP contribution in [0.1, 0.15) is 40.5 Å². The molecule has 0 spiro atoms. The average molecular weight is 280 g/mol. The van der Waals surface area contributed by atoms with Crippen molar-refractivity contribution in [3.8, 4) is 0 Å². The van der Waals surface area contributed by atoms with Gasteiger partial charge in [-0.1, -0.05) is 20.8 Å². The summed E-state index contributed by atoms with van der Waals surface area (Å²) >= 11 is 0. The van der Waals surface area contributed by atoms with E-state index in [9.17, 15) is 9.59 Å². The van der Waals surface area contributed by atoms with Crippen LogP contribution in [0, 0.1) is 5.41 Å². The second kappa shape index (κ2) is 9.16. The van der Waals surface area contributed by atoms with E-state index in [4.69, 9.17) is 5.73 Å². The minimum atomic E-state index is -0.390. The van der Waals surface area contributed by atoms with Gasteiger partial charge in [-0.05, 0) is 13.3 Å². The molecule has 0 aliphatic heterocycles. The molecule has 5 nitrogen and oxygen atoms in total. The molecule has 0 saturated heterocycles. The molecule has 2 amide bonds. The summed E-state index contributed by atoms with van der Waals surface area (Å²) < 4.78 is 0. The van der Waals surface area contributed by atoms with Crippen molar-refractivity contribution in [1.82, 2.24) is 10.6 Å². The van der Waals surface area contributed by atoms with E-state index in [0.29, 0.717) is 25.9 Å². The summed E-state index contributed by atoms with van der Waals surface area (Å²) in [5.41, 5.74) is 5.16. The molecular weight excluding hydrogens is 254 g/mol. The molecule has 0 bridgehead atoms. The predicted molar refractivity (Wildman–Crippen MR) is 75.6 cm³/mol. The monoisotopic (exact) mass is 279 g/mol. The van der Waals surface area contributed by atoms with Crippen LogP contribution in [0.2, 0.25) is 0 Å². The molecule has 0 heterocycles. The SMILES string of the molecule is CC(N)CCC(=O)NCCNC(=O)C(C)(C)C.Cl. The summed E-state index contributed by atoms with van der Waals surface area (Å²) in [4.78, 5) is 22.8. The molecule has 0 aliphatic rings.